The fraction of sp³-hybridized carbons (Fsp3) is 0.118. The maximum absolute atomic E-state index is 12.3. The minimum atomic E-state index is -0.415. The van der Waals surface area contributed by atoms with Crippen LogP contribution in [0.4, 0.5) is 11.4 Å². The first-order chi connectivity index (χ1) is 12.0. The molecule has 2 aromatic carbocycles. The van der Waals surface area contributed by atoms with Gasteiger partial charge in [-0.05, 0) is 36.4 Å². The van der Waals surface area contributed by atoms with Crippen molar-refractivity contribution < 1.29 is 14.3 Å². The summed E-state index contributed by atoms with van der Waals surface area (Å²) in [7, 11) is 0. The lowest BCUT2D eigenvalue weighted by Gasteiger charge is -2.29. The van der Waals surface area contributed by atoms with E-state index in [1.807, 2.05) is 6.07 Å². The van der Waals surface area contributed by atoms with Crippen molar-refractivity contribution in [1.29, 1.82) is 5.26 Å². The van der Waals surface area contributed by atoms with Crippen molar-refractivity contribution in [3.63, 3.8) is 0 Å². The Bertz CT molecular complexity index is 908. The van der Waals surface area contributed by atoms with Gasteiger partial charge < -0.3 is 10.1 Å². The van der Waals surface area contributed by atoms with E-state index in [-0.39, 0.29) is 24.1 Å². The fourth-order valence-corrected chi connectivity index (χ4v) is 2.77. The standard InChI is InChI=1S/C17H11Cl2N3O3/c18-11-2-4-15-14(5-11)22(17(24)9-25-15)8-16(23)21-12-3-1-10(7-20)13(19)6-12/h1-6H,8-9H2,(H,21,23). The molecular weight excluding hydrogens is 365 g/mol. The number of rotatable bonds is 3. The molecule has 0 saturated carbocycles. The number of benzene rings is 2. The number of anilines is 2. The molecule has 1 aliphatic rings. The van der Waals surface area contributed by atoms with Gasteiger partial charge in [-0.2, -0.15) is 5.26 Å². The number of carbonyl (C=O) groups is 2. The second-order valence-electron chi connectivity index (χ2n) is 5.24. The normalized spacial score (nSPS) is 12.8. The number of amides is 2. The molecule has 1 N–H and O–H groups in total. The summed E-state index contributed by atoms with van der Waals surface area (Å²) in [5, 5.41) is 12.2. The zero-order chi connectivity index (χ0) is 18.0. The van der Waals surface area contributed by atoms with Crippen molar-refractivity contribution in [3.8, 4) is 11.8 Å². The third-order valence-corrected chi connectivity index (χ3v) is 4.09. The van der Waals surface area contributed by atoms with Crippen LogP contribution in [-0.2, 0) is 9.59 Å². The zero-order valence-corrected chi connectivity index (χ0v) is 14.3. The molecule has 0 atom stereocenters. The topological polar surface area (TPSA) is 82.4 Å². The number of fused-ring (bicyclic) bond motifs is 1. The van der Waals surface area contributed by atoms with Crippen LogP contribution in [0.25, 0.3) is 0 Å². The molecule has 8 heteroatoms. The van der Waals surface area contributed by atoms with Crippen LogP contribution in [-0.4, -0.2) is 25.0 Å². The number of halogens is 2. The highest BCUT2D eigenvalue weighted by atomic mass is 35.5. The van der Waals surface area contributed by atoms with Crippen LogP contribution >= 0.6 is 23.2 Å². The Hall–Kier alpha value is -2.75. The summed E-state index contributed by atoms with van der Waals surface area (Å²) < 4.78 is 5.33. The van der Waals surface area contributed by atoms with Crippen LogP contribution < -0.4 is 15.0 Å². The molecule has 0 spiro atoms. The third kappa shape index (κ3) is 3.68. The molecule has 0 fully saturated rings. The summed E-state index contributed by atoms with van der Waals surface area (Å²) in [5.41, 5.74) is 1.18. The molecule has 3 rings (SSSR count). The Balaban J connectivity index is 1.77. The predicted molar refractivity (Wildman–Crippen MR) is 94.1 cm³/mol. The van der Waals surface area contributed by atoms with Gasteiger partial charge in [0.25, 0.3) is 5.91 Å². The molecule has 2 aromatic rings. The summed E-state index contributed by atoms with van der Waals surface area (Å²) in [6, 6.07) is 11.3. The smallest absolute Gasteiger partial charge is 0.265 e. The number of nitrogens with zero attached hydrogens (tertiary/aromatic N) is 2. The van der Waals surface area contributed by atoms with Crippen LogP contribution in [0.5, 0.6) is 5.75 Å². The molecule has 0 saturated heterocycles. The first-order valence-electron chi connectivity index (χ1n) is 7.20. The van der Waals surface area contributed by atoms with Gasteiger partial charge in [-0.25, -0.2) is 0 Å². The van der Waals surface area contributed by atoms with Gasteiger partial charge in [0.15, 0.2) is 6.61 Å². The molecule has 0 bridgehead atoms. The first-order valence-corrected chi connectivity index (χ1v) is 7.96. The second-order valence-corrected chi connectivity index (χ2v) is 6.08. The van der Waals surface area contributed by atoms with Gasteiger partial charge in [0.05, 0.1) is 16.3 Å². The van der Waals surface area contributed by atoms with E-state index in [0.29, 0.717) is 27.7 Å². The lowest BCUT2D eigenvalue weighted by molar-refractivity contribution is -0.123. The number of nitriles is 1. The van der Waals surface area contributed by atoms with Crippen LogP contribution in [0.2, 0.25) is 10.0 Å². The van der Waals surface area contributed by atoms with Crippen molar-refractivity contribution in [2.45, 2.75) is 0 Å². The highest BCUT2D eigenvalue weighted by Crippen LogP contribution is 2.34. The van der Waals surface area contributed by atoms with Crippen molar-refractivity contribution in [2.75, 3.05) is 23.4 Å². The SMILES string of the molecule is N#Cc1ccc(NC(=O)CN2C(=O)COc3ccc(Cl)cc32)cc1Cl. The minimum absolute atomic E-state index is 0.148. The van der Waals surface area contributed by atoms with E-state index in [0.717, 1.165) is 0 Å². The average molecular weight is 376 g/mol. The summed E-state index contributed by atoms with van der Waals surface area (Å²) >= 11 is 11.9. The van der Waals surface area contributed by atoms with Gasteiger partial charge >= 0.3 is 0 Å². The van der Waals surface area contributed by atoms with Crippen molar-refractivity contribution in [3.05, 3.63) is 52.0 Å². The Morgan fingerprint density at radius 3 is 2.80 bits per heavy atom. The van der Waals surface area contributed by atoms with Gasteiger partial charge in [-0.1, -0.05) is 23.2 Å². The number of hydrogen-bond acceptors (Lipinski definition) is 4. The Labute approximate surface area is 153 Å². The van der Waals surface area contributed by atoms with Crippen molar-refractivity contribution >= 4 is 46.4 Å². The van der Waals surface area contributed by atoms with Gasteiger partial charge in [-0.15, -0.1) is 0 Å². The Kier molecular flexibility index (Phi) is 4.79. The molecule has 1 aliphatic heterocycles. The molecule has 0 aromatic heterocycles. The van der Waals surface area contributed by atoms with E-state index in [9.17, 15) is 9.59 Å². The van der Waals surface area contributed by atoms with E-state index < -0.39 is 5.91 Å². The molecule has 2 amide bonds. The van der Waals surface area contributed by atoms with E-state index in [1.165, 1.54) is 17.0 Å². The van der Waals surface area contributed by atoms with E-state index >= 15 is 0 Å². The van der Waals surface area contributed by atoms with E-state index in [4.69, 9.17) is 33.2 Å². The maximum Gasteiger partial charge on any atom is 0.265 e. The van der Waals surface area contributed by atoms with Crippen LogP contribution in [0, 0.1) is 11.3 Å². The fourth-order valence-electron chi connectivity index (χ4n) is 2.38. The van der Waals surface area contributed by atoms with Crippen LogP contribution in [0.3, 0.4) is 0 Å². The Morgan fingerprint density at radius 1 is 1.28 bits per heavy atom. The quantitative estimate of drug-likeness (QED) is 0.892. The lowest BCUT2D eigenvalue weighted by Crippen LogP contribution is -2.43. The van der Waals surface area contributed by atoms with Gasteiger partial charge in [-0.3, -0.25) is 14.5 Å². The third-order valence-electron chi connectivity index (χ3n) is 3.54. The van der Waals surface area contributed by atoms with E-state index in [2.05, 4.69) is 5.32 Å². The number of carbonyl (C=O) groups excluding carboxylic acids is 2. The first kappa shape index (κ1) is 17.1. The minimum Gasteiger partial charge on any atom is -0.482 e. The summed E-state index contributed by atoms with van der Waals surface area (Å²) in [4.78, 5) is 25.7. The summed E-state index contributed by atoms with van der Waals surface area (Å²) in [5.74, 6) is -0.275. The van der Waals surface area contributed by atoms with Crippen LogP contribution in [0.1, 0.15) is 5.56 Å². The number of nitrogens with one attached hydrogen (secondary N) is 1. The zero-order valence-electron chi connectivity index (χ0n) is 12.8. The number of ether oxygens (including phenoxy) is 1. The molecular formula is C17H11Cl2N3O3. The largest absolute Gasteiger partial charge is 0.482 e. The maximum atomic E-state index is 12.3. The molecule has 126 valence electrons. The average Bonchev–Trinajstić information content (AvgIpc) is 2.58. The van der Waals surface area contributed by atoms with Crippen molar-refractivity contribution in [2.24, 2.45) is 0 Å². The van der Waals surface area contributed by atoms with Gasteiger partial charge in [0.1, 0.15) is 18.4 Å². The van der Waals surface area contributed by atoms with Crippen LogP contribution in [0.15, 0.2) is 36.4 Å². The molecule has 6 nitrogen and oxygen atoms in total. The predicted octanol–water partition coefficient (Wildman–Crippen LogP) is 3.23. The molecule has 0 radical (unpaired) electrons. The molecule has 0 aliphatic carbocycles. The summed E-state index contributed by atoms with van der Waals surface area (Å²) in [6.07, 6.45) is 0. The molecule has 1 heterocycles. The van der Waals surface area contributed by atoms with E-state index in [1.54, 1.807) is 24.3 Å². The summed E-state index contributed by atoms with van der Waals surface area (Å²) in [6.45, 7) is -0.349. The highest BCUT2D eigenvalue weighted by molar-refractivity contribution is 6.32. The Morgan fingerprint density at radius 2 is 2.08 bits per heavy atom. The monoisotopic (exact) mass is 375 g/mol. The number of hydrogen-bond donors (Lipinski definition) is 1. The van der Waals surface area contributed by atoms with Gasteiger partial charge in [0, 0.05) is 10.7 Å². The molecule has 0 unspecified atom stereocenters. The van der Waals surface area contributed by atoms with Gasteiger partial charge in [0.2, 0.25) is 5.91 Å². The second kappa shape index (κ2) is 7.01. The lowest BCUT2D eigenvalue weighted by atomic mass is 10.2. The van der Waals surface area contributed by atoms with Crippen molar-refractivity contribution in [1.82, 2.24) is 0 Å². The molecule has 25 heavy (non-hydrogen) atoms. The highest BCUT2D eigenvalue weighted by Gasteiger charge is 2.27.